The molecule has 0 radical (unpaired) electrons. The van der Waals surface area contributed by atoms with Gasteiger partial charge in [0.2, 0.25) is 21.3 Å². The largest absolute Gasteiger partial charge is 0.370 e. The summed E-state index contributed by atoms with van der Waals surface area (Å²) in [4.78, 5) is 19.6. The number of nitrogen functional groups attached to an aromatic ring is 1. The van der Waals surface area contributed by atoms with Gasteiger partial charge in [-0.15, -0.1) is 0 Å². The zero-order valence-electron chi connectivity index (χ0n) is 19.9. The van der Waals surface area contributed by atoms with Crippen molar-refractivity contribution in [2.45, 2.75) is 29.7 Å². The van der Waals surface area contributed by atoms with Crippen LogP contribution in [0.3, 0.4) is 0 Å². The summed E-state index contributed by atoms with van der Waals surface area (Å²) in [6, 6.07) is 10.9. The number of anilines is 1. The zero-order chi connectivity index (χ0) is 25.4. The Morgan fingerprint density at radius 3 is 2.64 bits per heavy atom. The third-order valence-electron chi connectivity index (χ3n) is 6.66. The van der Waals surface area contributed by atoms with Gasteiger partial charge in [-0.3, -0.25) is 9.20 Å². The lowest BCUT2D eigenvalue weighted by Gasteiger charge is -2.23. The van der Waals surface area contributed by atoms with E-state index in [-0.39, 0.29) is 26.6 Å². The molecule has 1 aromatic carbocycles. The Morgan fingerprint density at radius 1 is 1.19 bits per heavy atom. The quantitative estimate of drug-likeness (QED) is 0.282. The van der Waals surface area contributed by atoms with E-state index in [0.29, 0.717) is 22.9 Å². The van der Waals surface area contributed by atoms with Crippen molar-refractivity contribution in [1.29, 1.82) is 0 Å². The molecular formula is C25H28ClN5O4S+2. The van der Waals surface area contributed by atoms with E-state index < -0.39 is 9.84 Å². The van der Waals surface area contributed by atoms with Gasteiger partial charge in [-0.2, -0.15) is 0 Å². The SMILES string of the molecule is Cc1cccn2c(=O)c3cc(S(=O)(=O)c4ccc(Cl)cc4)c(N)[n+](CCC[NH+]4CCOCC4)c3nc12. The van der Waals surface area contributed by atoms with Crippen molar-refractivity contribution in [2.24, 2.45) is 0 Å². The van der Waals surface area contributed by atoms with Gasteiger partial charge in [-0.1, -0.05) is 22.7 Å². The van der Waals surface area contributed by atoms with Crippen molar-refractivity contribution in [2.75, 3.05) is 38.6 Å². The molecule has 3 N–H and O–H groups in total. The Labute approximate surface area is 213 Å². The van der Waals surface area contributed by atoms with Crippen LogP contribution in [0.25, 0.3) is 16.7 Å². The predicted molar refractivity (Wildman–Crippen MR) is 136 cm³/mol. The van der Waals surface area contributed by atoms with Gasteiger partial charge < -0.3 is 15.4 Å². The normalized spacial score (nSPS) is 15.1. The molecule has 1 aliphatic rings. The monoisotopic (exact) mass is 529 g/mol. The van der Waals surface area contributed by atoms with Crippen LogP contribution < -0.4 is 20.8 Å². The number of halogens is 1. The Balaban J connectivity index is 1.69. The molecule has 1 aliphatic heterocycles. The van der Waals surface area contributed by atoms with Crippen molar-refractivity contribution in [1.82, 2.24) is 9.38 Å². The molecule has 4 heterocycles. The molecule has 0 bridgehead atoms. The Hall–Kier alpha value is -3.05. The minimum Gasteiger partial charge on any atom is -0.370 e. The number of nitrogens with zero attached hydrogens (tertiary/aromatic N) is 3. The van der Waals surface area contributed by atoms with E-state index in [1.807, 2.05) is 13.0 Å². The Kier molecular flexibility index (Phi) is 6.69. The second-order valence-electron chi connectivity index (χ2n) is 9.01. The summed E-state index contributed by atoms with van der Waals surface area (Å²) in [5, 5.41) is 0.615. The summed E-state index contributed by atoms with van der Waals surface area (Å²) >= 11 is 5.97. The van der Waals surface area contributed by atoms with Crippen molar-refractivity contribution >= 4 is 43.9 Å². The van der Waals surface area contributed by atoms with E-state index in [0.717, 1.165) is 44.8 Å². The molecule has 0 spiro atoms. The zero-order valence-corrected chi connectivity index (χ0v) is 21.5. The fourth-order valence-corrected chi connectivity index (χ4v) is 6.20. The van der Waals surface area contributed by atoms with E-state index in [1.54, 1.807) is 16.8 Å². The smallest absolute Gasteiger partial charge is 0.278 e. The summed E-state index contributed by atoms with van der Waals surface area (Å²) in [5.41, 5.74) is 7.90. The molecule has 11 heteroatoms. The molecule has 1 fully saturated rings. The number of ether oxygens (including phenoxy) is 1. The molecular weight excluding hydrogens is 502 g/mol. The van der Waals surface area contributed by atoms with E-state index in [4.69, 9.17) is 27.1 Å². The van der Waals surface area contributed by atoms with Gasteiger partial charge >= 0.3 is 0 Å². The number of benzene rings is 1. The number of fused-ring (bicyclic) bond motifs is 2. The number of quaternary nitrogens is 1. The number of nitrogens with two attached hydrogens (primary N) is 1. The highest BCUT2D eigenvalue weighted by Gasteiger charge is 2.30. The maximum atomic E-state index is 13.6. The number of aryl methyl sites for hydroxylation is 2. The molecule has 1 saturated heterocycles. The summed E-state index contributed by atoms with van der Waals surface area (Å²) < 4.78 is 35.8. The Morgan fingerprint density at radius 2 is 1.92 bits per heavy atom. The average Bonchev–Trinajstić information content (AvgIpc) is 2.87. The first-order chi connectivity index (χ1) is 17.3. The van der Waals surface area contributed by atoms with Crippen LogP contribution >= 0.6 is 11.6 Å². The molecule has 5 rings (SSSR count). The fraction of sp³-hybridized carbons (Fsp3) is 0.320. The molecule has 36 heavy (non-hydrogen) atoms. The number of sulfone groups is 1. The van der Waals surface area contributed by atoms with Crippen LogP contribution in [0.15, 0.2) is 63.2 Å². The van der Waals surface area contributed by atoms with Crippen molar-refractivity contribution in [3.8, 4) is 0 Å². The van der Waals surface area contributed by atoms with Gasteiger partial charge in [-0.05, 0) is 43.3 Å². The molecule has 3 aromatic heterocycles. The number of nitrogens with one attached hydrogen (secondary N) is 1. The number of hydrogen-bond acceptors (Lipinski definition) is 6. The average molecular weight is 530 g/mol. The number of aromatic nitrogens is 3. The van der Waals surface area contributed by atoms with Gasteiger partial charge in [0.05, 0.1) is 31.2 Å². The fourth-order valence-electron chi connectivity index (χ4n) is 4.66. The number of morpholine rings is 1. The van der Waals surface area contributed by atoms with E-state index >= 15 is 0 Å². The molecule has 0 amide bonds. The lowest BCUT2D eigenvalue weighted by molar-refractivity contribution is -0.910. The molecule has 0 unspecified atom stereocenters. The lowest BCUT2D eigenvalue weighted by atomic mass is 10.2. The predicted octanol–water partition coefficient (Wildman–Crippen LogP) is 0.817. The summed E-state index contributed by atoms with van der Waals surface area (Å²) in [7, 11) is -4.03. The van der Waals surface area contributed by atoms with Crippen molar-refractivity contribution in [3.05, 3.63) is 69.6 Å². The van der Waals surface area contributed by atoms with Crippen molar-refractivity contribution in [3.63, 3.8) is 0 Å². The number of hydrogen-bond donors (Lipinski definition) is 2. The second kappa shape index (κ2) is 9.78. The molecule has 188 valence electrons. The molecule has 0 aliphatic carbocycles. The molecule has 0 saturated carbocycles. The number of rotatable bonds is 6. The van der Waals surface area contributed by atoms with E-state index in [9.17, 15) is 13.2 Å². The first kappa shape index (κ1) is 24.6. The highest BCUT2D eigenvalue weighted by molar-refractivity contribution is 7.91. The van der Waals surface area contributed by atoms with Gasteiger partial charge in [0.25, 0.3) is 11.2 Å². The summed E-state index contributed by atoms with van der Waals surface area (Å²) in [5.74, 6) is 0.0549. The number of pyridine rings is 2. The summed E-state index contributed by atoms with van der Waals surface area (Å²) in [6.07, 6.45) is 2.37. The highest BCUT2D eigenvalue weighted by atomic mass is 35.5. The second-order valence-corrected chi connectivity index (χ2v) is 11.4. The minimum atomic E-state index is -4.03. The van der Waals surface area contributed by atoms with Gasteiger partial charge in [0, 0.05) is 23.2 Å². The van der Waals surface area contributed by atoms with Crippen LogP contribution in [-0.2, 0) is 21.1 Å². The van der Waals surface area contributed by atoms with Gasteiger partial charge in [-0.25, -0.2) is 13.0 Å². The van der Waals surface area contributed by atoms with Gasteiger partial charge in [0.15, 0.2) is 0 Å². The van der Waals surface area contributed by atoms with E-state index in [1.165, 1.54) is 39.6 Å². The first-order valence-electron chi connectivity index (χ1n) is 11.8. The van der Waals surface area contributed by atoms with Crippen LogP contribution in [0, 0.1) is 6.92 Å². The van der Waals surface area contributed by atoms with E-state index in [2.05, 4.69) is 0 Å². The maximum Gasteiger partial charge on any atom is 0.278 e. The first-order valence-corrected chi connectivity index (χ1v) is 13.7. The molecule has 9 nitrogen and oxygen atoms in total. The maximum absolute atomic E-state index is 13.6. The van der Waals surface area contributed by atoms with Crippen LogP contribution in [0.1, 0.15) is 12.0 Å². The van der Waals surface area contributed by atoms with Crippen LogP contribution in [-0.4, -0.2) is 50.7 Å². The van der Waals surface area contributed by atoms with Crippen LogP contribution in [0.4, 0.5) is 5.82 Å². The highest BCUT2D eigenvalue weighted by Crippen LogP contribution is 2.27. The molecule has 0 atom stereocenters. The lowest BCUT2D eigenvalue weighted by Crippen LogP contribution is -3.14. The third-order valence-corrected chi connectivity index (χ3v) is 8.71. The topological polar surface area (TPSA) is 112 Å². The van der Waals surface area contributed by atoms with Gasteiger partial charge in [0.1, 0.15) is 23.4 Å². The molecule has 4 aromatic rings. The van der Waals surface area contributed by atoms with Crippen LogP contribution in [0.5, 0.6) is 0 Å². The standard InChI is InChI=1S/C25H26ClN5O4S/c1-17-4-2-10-31-23(17)28-24-20(25(31)32)16-21(36(33,34)19-7-5-18(26)6-8-19)22(27)30(24)11-3-9-29-12-14-35-15-13-29/h2,4-8,10,16,27H,3,9,11-15H2,1H3/p+2. The Bertz CT molecular complexity index is 1610. The van der Waals surface area contributed by atoms with Crippen molar-refractivity contribution < 1.29 is 22.6 Å². The summed E-state index contributed by atoms with van der Waals surface area (Å²) in [6.45, 7) is 6.48. The van der Waals surface area contributed by atoms with Crippen LogP contribution in [0.2, 0.25) is 5.02 Å². The minimum absolute atomic E-state index is 0.0481. The third kappa shape index (κ3) is 4.45.